The standard InChI is InChI=1S/C13H26BrN/c1-5-13(6-2,9-14)11-15-8-7-12(3,4)10-15/h5-11H2,1-4H3. The Morgan fingerprint density at radius 1 is 1.27 bits per heavy atom. The highest BCUT2D eigenvalue weighted by Crippen LogP contribution is 2.35. The van der Waals surface area contributed by atoms with Gasteiger partial charge in [0.05, 0.1) is 0 Å². The molecule has 15 heavy (non-hydrogen) atoms. The van der Waals surface area contributed by atoms with Crippen molar-refractivity contribution >= 4 is 15.9 Å². The fourth-order valence-electron chi connectivity index (χ4n) is 2.54. The molecule has 0 aliphatic carbocycles. The lowest BCUT2D eigenvalue weighted by Crippen LogP contribution is -2.37. The zero-order valence-corrected chi connectivity index (χ0v) is 12.4. The number of nitrogens with zero attached hydrogens (tertiary/aromatic N) is 1. The van der Waals surface area contributed by atoms with Gasteiger partial charge in [-0.3, -0.25) is 0 Å². The van der Waals surface area contributed by atoms with Crippen molar-refractivity contribution in [1.29, 1.82) is 0 Å². The van der Waals surface area contributed by atoms with Crippen LogP contribution < -0.4 is 0 Å². The zero-order valence-electron chi connectivity index (χ0n) is 10.8. The second-order valence-electron chi connectivity index (χ2n) is 5.97. The number of hydrogen-bond donors (Lipinski definition) is 0. The first kappa shape index (κ1) is 13.5. The third-order valence-electron chi connectivity index (χ3n) is 4.10. The fourth-order valence-corrected chi connectivity index (χ4v) is 3.51. The van der Waals surface area contributed by atoms with Gasteiger partial charge in [-0.2, -0.15) is 0 Å². The Kier molecular flexibility index (Phi) is 4.66. The van der Waals surface area contributed by atoms with Crippen LogP contribution in [-0.4, -0.2) is 29.9 Å². The fraction of sp³-hybridized carbons (Fsp3) is 1.00. The van der Waals surface area contributed by atoms with Gasteiger partial charge < -0.3 is 4.90 Å². The molecule has 0 bridgehead atoms. The quantitative estimate of drug-likeness (QED) is 0.688. The minimum absolute atomic E-state index is 0.500. The van der Waals surface area contributed by atoms with E-state index >= 15 is 0 Å². The van der Waals surface area contributed by atoms with Crippen molar-refractivity contribution in [2.45, 2.75) is 47.0 Å². The van der Waals surface area contributed by atoms with Crippen molar-refractivity contribution in [1.82, 2.24) is 4.90 Å². The van der Waals surface area contributed by atoms with E-state index in [1.165, 1.54) is 38.9 Å². The summed E-state index contributed by atoms with van der Waals surface area (Å²) in [7, 11) is 0. The second-order valence-corrected chi connectivity index (χ2v) is 6.53. The summed E-state index contributed by atoms with van der Waals surface area (Å²) in [5.74, 6) is 0. The summed E-state index contributed by atoms with van der Waals surface area (Å²) in [5, 5.41) is 1.14. The van der Waals surface area contributed by atoms with Gasteiger partial charge in [0.15, 0.2) is 0 Å². The SMILES string of the molecule is CCC(CC)(CBr)CN1CCC(C)(C)C1. The molecule has 0 radical (unpaired) electrons. The van der Waals surface area contributed by atoms with Gasteiger partial charge in [0, 0.05) is 18.4 Å². The molecule has 1 aliphatic heterocycles. The summed E-state index contributed by atoms with van der Waals surface area (Å²) >= 11 is 3.70. The van der Waals surface area contributed by atoms with Crippen LogP contribution in [-0.2, 0) is 0 Å². The van der Waals surface area contributed by atoms with Crippen LogP contribution in [0.5, 0.6) is 0 Å². The summed E-state index contributed by atoms with van der Waals surface area (Å²) in [5.41, 5.74) is 1.04. The molecule has 0 atom stereocenters. The molecule has 0 aromatic rings. The van der Waals surface area contributed by atoms with Gasteiger partial charge in [-0.25, -0.2) is 0 Å². The third kappa shape index (κ3) is 3.45. The summed E-state index contributed by atoms with van der Waals surface area (Å²) in [4.78, 5) is 2.66. The topological polar surface area (TPSA) is 3.24 Å². The number of rotatable bonds is 5. The maximum absolute atomic E-state index is 3.70. The first-order valence-corrected chi connectivity index (χ1v) is 7.37. The second kappa shape index (κ2) is 5.18. The molecule has 0 N–H and O–H groups in total. The Labute approximate surface area is 104 Å². The highest BCUT2D eigenvalue weighted by molar-refractivity contribution is 9.09. The lowest BCUT2D eigenvalue weighted by atomic mass is 9.84. The van der Waals surface area contributed by atoms with Crippen LogP contribution in [0.2, 0.25) is 0 Å². The lowest BCUT2D eigenvalue weighted by Gasteiger charge is -2.34. The Morgan fingerprint density at radius 3 is 2.20 bits per heavy atom. The molecule has 0 saturated carbocycles. The Hall–Kier alpha value is 0.440. The molecule has 1 saturated heterocycles. The van der Waals surface area contributed by atoms with Crippen molar-refractivity contribution < 1.29 is 0 Å². The molecule has 0 spiro atoms. The van der Waals surface area contributed by atoms with Crippen molar-refractivity contribution in [3.8, 4) is 0 Å². The summed E-state index contributed by atoms with van der Waals surface area (Å²) in [6, 6.07) is 0. The van der Waals surface area contributed by atoms with Crippen molar-refractivity contribution in [3.05, 3.63) is 0 Å². The smallest absolute Gasteiger partial charge is 0.01000 e. The van der Waals surface area contributed by atoms with E-state index in [9.17, 15) is 0 Å². The number of hydrogen-bond acceptors (Lipinski definition) is 1. The normalized spacial score (nSPS) is 22.2. The van der Waals surface area contributed by atoms with Crippen LogP contribution >= 0.6 is 15.9 Å². The molecule has 2 heteroatoms. The van der Waals surface area contributed by atoms with Crippen molar-refractivity contribution in [3.63, 3.8) is 0 Å². The minimum atomic E-state index is 0.500. The van der Waals surface area contributed by atoms with E-state index in [0.717, 1.165) is 5.33 Å². The average molecular weight is 276 g/mol. The van der Waals surface area contributed by atoms with Gasteiger partial charge in [-0.15, -0.1) is 0 Å². The first-order chi connectivity index (χ1) is 6.97. The molecular formula is C13H26BrN. The molecule has 0 unspecified atom stereocenters. The monoisotopic (exact) mass is 275 g/mol. The first-order valence-electron chi connectivity index (χ1n) is 6.25. The molecule has 1 fully saturated rings. The van der Waals surface area contributed by atoms with Crippen LogP contribution in [0, 0.1) is 10.8 Å². The van der Waals surface area contributed by atoms with Gasteiger partial charge in [0.1, 0.15) is 0 Å². The van der Waals surface area contributed by atoms with Crippen LogP contribution in [0.4, 0.5) is 0 Å². The molecule has 1 aliphatic rings. The van der Waals surface area contributed by atoms with Gasteiger partial charge >= 0.3 is 0 Å². The highest BCUT2D eigenvalue weighted by Gasteiger charge is 2.34. The molecule has 1 nitrogen and oxygen atoms in total. The summed E-state index contributed by atoms with van der Waals surface area (Å²) in [6.07, 6.45) is 3.93. The van der Waals surface area contributed by atoms with E-state index in [0.29, 0.717) is 10.8 Å². The largest absolute Gasteiger partial charge is 0.302 e. The van der Waals surface area contributed by atoms with E-state index in [-0.39, 0.29) is 0 Å². The van der Waals surface area contributed by atoms with Crippen LogP contribution in [0.15, 0.2) is 0 Å². The van der Waals surface area contributed by atoms with E-state index < -0.39 is 0 Å². The van der Waals surface area contributed by atoms with E-state index in [1.54, 1.807) is 0 Å². The maximum Gasteiger partial charge on any atom is 0.01000 e. The maximum atomic E-state index is 3.70. The van der Waals surface area contributed by atoms with Crippen molar-refractivity contribution in [2.24, 2.45) is 10.8 Å². The summed E-state index contributed by atoms with van der Waals surface area (Å²) in [6.45, 7) is 13.3. The highest BCUT2D eigenvalue weighted by atomic mass is 79.9. The van der Waals surface area contributed by atoms with Crippen LogP contribution in [0.3, 0.4) is 0 Å². The predicted molar refractivity (Wildman–Crippen MR) is 71.6 cm³/mol. The van der Waals surface area contributed by atoms with Gasteiger partial charge in [0.2, 0.25) is 0 Å². The van der Waals surface area contributed by atoms with Crippen LogP contribution in [0.25, 0.3) is 0 Å². The predicted octanol–water partition coefficient (Wildman–Crippen LogP) is 3.92. The molecule has 0 amide bonds. The molecule has 90 valence electrons. The number of likely N-dealkylation sites (tertiary alicyclic amines) is 1. The van der Waals surface area contributed by atoms with E-state index in [4.69, 9.17) is 0 Å². The Bertz CT molecular complexity index is 188. The van der Waals surface area contributed by atoms with Gasteiger partial charge in [-0.1, -0.05) is 43.6 Å². The average Bonchev–Trinajstić information content (AvgIpc) is 2.55. The molecule has 0 aromatic carbocycles. The number of alkyl halides is 1. The van der Waals surface area contributed by atoms with Crippen LogP contribution in [0.1, 0.15) is 47.0 Å². The molecule has 0 aromatic heterocycles. The van der Waals surface area contributed by atoms with Gasteiger partial charge in [0.25, 0.3) is 0 Å². The van der Waals surface area contributed by atoms with E-state index in [2.05, 4.69) is 48.5 Å². The summed E-state index contributed by atoms with van der Waals surface area (Å²) < 4.78 is 0. The Balaban J connectivity index is 2.53. The molecular weight excluding hydrogens is 250 g/mol. The molecule has 1 heterocycles. The van der Waals surface area contributed by atoms with Gasteiger partial charge in [-0.05, 0) is 36.6 Å². The minimum Gasteiger partial charge on any atom is -0.302 e. The van der Waals surface area contributed by atoms with Crippen molar-refractivity contribution in [2.75, 3.05) is 25.0 Å². The molecule has 1 rings (SSSR count). The lowest BCUT2D eigenvalue weighted by molar-refractivity contribution is 0.172. The third-order valence-corrected chi connectivity index (χ3v) is 5.29. The number of halogens is 1. The zero-order chi connectivity index (χ0) is 11.5. The Morgan fingerprint density at radius 2 is 1.87 bits per heavy atom. The van der Waals surface area contributed by atoms with E-state index in [1.807, 2.05) is 0 Å².